The molecule has 1 heterocycles. The van der Waals surface area contributed by atoms with Crippen LogP contribution >= 0.6 is 0 Å². The lowest BCUT2D eigenvalue weighted by Crippen LogP contribution is -2.30. The van der Waals surface area contributed by atoms with Crippen molar-refractivity contribution in [3.63, 3.8) is 0 Å². The van der Waals surface area contributed by atoms with E-state index >= 15 is 0 Å². The van der Waals surface area contributed by atoms with Gasteiger partial charge in [-0.05, 0) is 31.0 Å². The first-order valence-electron chi connectivity index (χ1n) is 6.33. The molecule has 2 rings (SSSR count). The molecular formula is C13H14F3NO3S. The minimum Gasteiger partial charge on any atom is -0.478 e. The summed E-state index contributed by atoms with van der Waals surface area (Å²) in [5.74, 6) is -0.385. The van der Waals surface area contributed by atoms with Gasteiger partial charge in [0.15, 0.2) is 0 Å². The number of rotatable bonds is 3. The number of nitrogens with one attached hydrogen (secondary N) is 1. The number of hydrogen-bond donors (Lipinski definition) is 2. The molecule has 8 heteroatoms. The second-order valence-electron chi connectivity index (χ2n) is 4.83. The monoisotopic (exact) mass is 321 g/mol. The van der Waals surface area contributed by atoms with Gasteiger partial charge in [-0.3, -0.25) is 4.21 Å². The molecule has 0 bridgehead atoms. The van der Waals surface area contributed by atoms with Gasteiger partial charge in [0.05, 0.1) is 11.1 Å². The van der Waals surface area contributed by atoms with Crippen LogP contribution in [-0.2, 0) is 17.0 Å². The Morgan fingerprint density at radius 2 is 1.90 bits per heavy atom. The van der Waals surface area contributed by atoms with Gasteiger partial charge in [0, 0.05) is 34.0 Å². The number of aromatic carboxylic acids is 1. The predicted molar refractivity (Wildman–Crippen MR) is 72.9 cm³/mol. The Hall–Kier alpha value is -1.57. The van der Waals surface area contributed by atoms with Crippen LogP contribution in [0.25, 0.3) is 0 Å². The summed E-state index contributed by atoms with van der Waals surface area (Å²) < 4.78 is 49.1. The van der Waals surface area contributed by atoms with Gasteiger partial charge in [0.1, 0.15) is 0 Å². The number of halogens is 3. The lowest BCUT2D eigenvalue weighted by atomic mass is 10.1. The van der Waals surface area contributed by atoms with Crippen molar-refractivity contribution in [1.29, 1.82) is 0 Å². The summed E-state index contributed by atoms with van der Waals surface area (Å²) in [6, 6.07) is 2.55. The average Bonchev–Trinajstić information content (AvgIpc) is 2.40. The van der Waals surface area contributed by atoms with Crippen LogP contribution in [0.2, 0.25) is 0 Å². The van der Waals surface area contributed by atoms with Gasteiger partial charge >= 0.3 is 12.1 Å². The third-order valence-corrected chi connectivity index (χ3v) is 4.71. The summed E-state index contributed by atoms with van der Waals surface area (Å²) >= 11 is 0. The van der Waals surface area contributed by atoms with Crippen molar-refractivity contribution in [2.75, 3.05) is 16.8 Å². The van der Waals surface area contributed by atoms with Crippen LogP contribution in [0.15, 0.2) is 18.2 Å². The van der Waals surface area contributed by atoms with Crippen LogP contribution in [0.5, 0.6) is 0 Å². The second kappa shape index (κ2) is 6.05. The van der Waals surface area contributed by atoms with Crippen molar-refractivity contribution >= 4 is 22.5 Å². The van der Waals surface area contributed by atoms with E-state index in [9.17, 15) is 22.2 Å². The maximum absolute atomic E-state index is 12.6. The van der Waals surface area contributed by atoms with Gasteiger partial charge in [0.2, 0.25) is 0 Å². The number of anilines is 1. The van der Waals surface area contributed by atoms with Crippen molar-refractivity contribution in [1.82, 2.24) is 0 Å². The van der Waals surface area contributed by atoms with Gasteiger partial charge < -0.3 is 10.4 Å². The lowest BCUT2D eigenvalue weighted by Gasteiger charge is -2.24. The fourth-order valence-corrected chi connectivity index (χ4v) is 3.48. The molecular weight excluding hydrogens is 307 g/mol. The molecule has 2 N–H and O–H groups in total. The molecule has 1 aromatic carbocycles. The Morgan fingerprint density at radius 1 is 1.29 bits per heavy atom. The summed E-state index contributed by atoms with van der Waals surface area (Å²) in [5, 5.41) is 12.0. The minimum atomic E-state index is -4.58. The zero-order chi connectivity index (χ0) is 15.6. The van der Waals surface area contributed by atoms with Crippen molar-refractivity contribution in [3.8, 4) is 0 Å². The highest BCUT2D eigenvalue weighted by Gasteiger charge is 2.32. The van der Waals surface area contributed by atoms with E-state index in [2.05, 4.69) is 5.32 Å². The largest absolute Gasteiger partial charge is 0.478 e. The first-order chi connectivity index (χ1) is 9.77. The summed E-state index contributed by atoms with van der Waals surface area (Å²) in [6.45, 7) is 0. The van der Waals surface area contributed by atoms with E-state index in [1.807, 2.05) is 0 Å². The molecule has 0 atom stereocenters. The van der Waals surface area contributed by atoms with Crippen LogP contribution < -0.4 is 5.32 Å². The quantitative estimate of drug-likeness (QED) is 0.898. The highest BCUT2D eigenvalue weighted by Crippen LogP contribution is 2.32. The molecule has 0 spiro atoms. The Balaban J connectivity index is 2.23. The summed E-state index contributed by atoms with van der Waals surface area (Å²) in [4.78, 5) is 11.1. The summed E-state index contributed by atoms with van der Waals surface area (Å²) in [7, 11) is -0.854. The predicted octanol–water partition coefficient (Wildman–Crippen LogP) is 2.73. The zero-order valence-electron chi connectivity index (χ0n) is 10.9. The topological polar surface area (TPSA) is 66.4 Å². The molecule has 4 nitrogen and oxygen atoms in total. The molecule has 21 heavy (non-hydrogen) atoms. The maximum Gasteiger partial charge on any atom is 0.416 e. The smallest absolute Gasteiger partial charge is 0.416 e. The highest BCUT2D eigenvalue weighted by molar-refractivity contribution is 7.85. The van der Waals surface area contributed by atoms with Crippen LogP contribution in [0.3, 0.4) is 0 Å². The van der Waals surface area contributed by atoms with Gasteiger partial charge in [-0.15, -0.1) is 0 Å². The second-order valence-corrected chi connectivity index (χ2v) is 6.53. The zero-order valence-corrected chi connectivity index (χ0v) is 11.8. The SMILES string of the molecule is O=C(O)c1cc(C(F)(F)F)ccc1NC1CCS(=O)CC1. The average molecular weight is 321 g/mol. The minimum absolute atomic E-state index is 0.0717. The molecule has 0 aromatic heterocycles. The Kier molecular flexibility index (Phi) is 4.55. The van der Waals surface area contributed by atoms with Crippen LogP contribution in [0.4, 0.5) is 18.9 Å². The van der Waals surface area contributed by atoms with Crippen LogP contribution in [0.1, 0.15) is 28.8 Å². The van der Waals surface area contributed by atoms with Gasteiger partial charge in [-0.1, -0.05) is 0 Å². The fraction of sp³-hybridized carbons (Fsp3) is 0.462. The first-order valence-corrected chi connectivity index (χ1v) is 7.82. The van der Waals surface area contributed by atoms with E-state index < -0.39 is 34.1 Å². The number of benzene rings is 1. The Morgan fingerprint density at radius 3 is 2.43 bits per heavy atom. The first kappa shape index (κ1) is 15.8. The number of carbonyl (C=O) groups is 1. The third kappa shape index (κ3) is 3.96. The lowest BCUT2D eigenvalue weighted by molar-refractivity contribution is -0.137. The number of hydrogen-bond acceptors (Lipinski definition) is 3. The van der Waals surface area contributed by atoms with E-state index in [0.717, 1.165) is 12.1 Å². The number of carboxylic acids is 1. The Bertz CT molecular complexity index is 564. The molecule has 0 radical (unpaired) electrons. The molecule has 116 valence electrons. The van der Waals surface area contributed by atoms with Crippen LogP contribution in [-0.4, -0.2) is 32.8 Å². The van der Waals surface area contributed by atoms with Crippen LogP contribution in [0, 0.1) is 0 Å². The summed E-state index contributed by atoms with van der Waals surface area (Å²) in [5.41, 5.74) is -1.24. The van der Waals surface area contributed by atoms with E-state index in [4.69, 9.17) is 5.11 Å². The molecule has 1 fully saturated rings. The Labute approximate surface area is 121 Å². The standard InChI is InChI=1S/C13H14F3NO3S/c14-13(15,16)8-1-2-11(10(7-8)12(18)19)17-9-3-5-21(20)6-4-9/h1-2,7,9,17H,3-6H2,(H,18,19). The molecule has 1 aromatic rings. The molecule has 1 aliphatic heterocycles. The maximum atomic E-state index is 12.6. The molecule has 0 unspecified atom stereocenters. The molecule has 0 amide bonds. The molecule has 1 saturated heterocycles. The third-order valence-electron chi connectivity index (χ3n) is 3.32. The number of alkyl halides is 3. The van der Waals surface area contributed by atoms with Gasteiger partial charge in [-0.25, -0.2) is 4.79 Å². The number of carboxylic acid groups (broad SMARTS) is 1. The van der Waals surface area contributed by atoms with Crippen molar-refractivity contribution in [2.24, 2.45) is 0 Å². The van der Waals surface area contributed by atoms with Crippen molar-refractivity contribution < 1.29 is 27.3 Å². The van der Waals surface area contributed by atoms with E-state index in [1.165, 1.54) is 0 Å². The summed E-state index contributed by atoms with van der Waals surface area (Å²) in [6.07, 6.45) is -3.37. The molecule has 0 aliphatic carbocycles. The van der Waals surface area contributed by atoms with Crippen molar-refractivity contribution in [2.45, 2.75) is 25.1 Å². The molecule has 1 aliphatic rings. The van der Waals surface area contributed by atoms with Gasteiger partial charge in [0.25, 0.3) is 0 Å². The van der Waals surface area contributed by atoms with E-state index in [1.54, 1.807) is 0 Å². The van der Waals surface area contributed by atoms with E-state index in [-0.39, 0.29) is 11.7 Å². The van der Waals surface area contributed by atoms with Gasteiger partial charge in [-0.2, -0.15) is 13.2 Å². The highest BCUT2D eigenvalue weighted by atomic mass is 32.2. The van der Waals surface area contributed by atoms with E-state index in [0.29, 0.717) is 30.4 Å². The molecule has 0 saturated carbocycles. The fourth-order valence-electron chi connectivity index (χ4n) is 2.18. The van der Waals surface area contributed by atoms with Crippen molar-refractivity contribution in [3.05, 3.63) is 29.3 Å². The normalized spacial score (nSPS) is 22.8.